The Balaban J connectivity index is 1.85. The molecule has 2 rings (SSSR count). The van der Waals surface area contributed by atoms with Crippen LogP contribution in [0.2, 0.25) is 0 Å². The van der Waals surface area contributed by atoms with Crippen molar-refractivity contribution in [1.82, 2.24) is 5.32 Å². The Labute approximate surface area is 128 Å². The predicted molar refractivity (Wildman–Crippen MR) is 87.1 cm³/mol. The smallest absolute Gasteiger partial charge is 0.261 e. The predicted octanol–water partition coefficient (Wildman–Crippen LogP) is 3.14. The van der Waals surface area contributed by atoms with Gasteiger partial charge in [-0.1, -0.05) is 17.7 Å². The van der Waals surface area contributed by atoms with Crippen LogP contribution in [0.3, 0.4) is 0 Å². The highest BCUT2D eigenvalue weighted by molar-refractivity contribution is 7.14. The Hall–Kier alpha value is -2.01. The van der Waals surface area contributed by atoms with E-state index in [1.165, 1.54) is 16.9 Å². The van der Waals surface area contributed by atoms with E-state index >= 15 is 0 Å². The lowest BCUT2D eigenvalue weighted by atomic mass is 10.2. The summed E-state index contributed by atoms with van der Waals surface area (Å²) in [5, 5.41) is 2.91. The molecule has 2 aromatic rings. The fourth-order valence-electron chi connectivity index (χ4n) is 1.80. The lowest BCUT2D eigenvalue weighted by Crippen LogP contribution is -2.36. The van der Waals surface area contributed by atoms with Gasteiger partial charge in [0.05, 0.1) is 10.9 Å². The van der Waals surface area contributed by atoms with Gasteiger partial charge in [-0.25, -0.2) is 0 Å². The number of nitrogens with one attached hydrogen (secondary N) is 1. The van der Waals surface area contributed by atoms with Crippen LogP contribution >= 0.6 is 11.3 Å². The monoisotopic (exact) mass is 304 g/mol. The molecular formula is C16H20N2O2S. The first kappa shape index (κ1) is 15.4. The Kier molecular flexibility index (Phi) is 4.85. The molecule has 1 aromatic heterocycles. The Morgan fingerprint density at radius 3 is 2.57 bits per heavy atom. The molecule has 0 aliphatic carbocycles. The van der Waals surface area contributed by atoms with Crippen molar-refractivity contribution in [1.29, 1.82) is 0 Å². The van der Waals surface area contributed by atoms with Crippen molar-refractivity contribution in [3.63, 3.8) is 0 Å². The van der Waals surface area contributed by atoms with Crippen LogP contribution in [0.1, 0.15) is 27.0 Å². The average Bonchev–Trinajstić information content (AvgIpc) is 2.78. The summed E-state index contributed by atoms with van der Waals surface area (Å²) in [6, 6.07) is 9.47. The summed E-state index contributed by atoms with van der Waals surface area (Å²) in [5.74, 6) is 0.692. The van der Waals surface area contributed by atoms with Crippen molar-refractivity contribution >= 4 is 22.9 Å². The third-order valence-corrected chi connectivity index (χ3v) is 4.14. The van der Waals surface area contributed by atoms with Crippen LogP contribution < -0.4 is 15.8 Å². The minimum Gasteiger partial charge on any atom is -0.491 e. The second-order valence-corrected chi connectivity index (χ2v) is 6.38. The van der Waals surface area contributed by atoms with Gasteiger partial charge in [0.25, 0.3) is 5.91 Å². The Bertz CT molecular complexity index is 600. The molecule has 0 bridgehead atoms. The maximum atomic E-state index is 12.1. The molecule has 21 heavy (non-hydrogen) atoms. The molecule has 0 aliphatic rings. The van der Waals surface area contributed by atoms with Crippen LogP contribution in [-0.4, -0.2) is 18.6 Å². The molecule has 0 aliphatic heterocycles. The number of anilines is 1. The van der Waals surface area contributed by atoms with E-state index in [-0.39, 0.29) is 11.9 Å². The molecule has 5 heteroatoms. The van der Waals surface area contributed by atoms with Gasteiger partial charge in [0.15, 0.2) is 0 Å². The molecule has 3 N–H and O–H groups in total. The van der Waals surface area contributed by atoms with Gasteiger partial charge < -0.3 is 15.8 Å². The molecular weight excluding hydrogens is 284 g/mol. The van der Waals surface area contributed by atoms with E-state index in [4.69, 9.17) is 10.5 Å². The van der Waals surface area contributed by atoms with Gasteiger partial charge in [0, 0.05) is 10.6 Å². The summed E-state index contributed by atoms with van der Waals surface area (Å²) in [4.78, 5) is 13.7. The van der Waals surface area contributed by atoms with Gasteiger partial charge in [-0.2, -0.15) is 0 Å². The van der Waals surface area contributed by atoms with E-state index < -0.39 is 0 Å². The van der Waals surface area contributed by atoms with Crippen LogP contribution in [0.5, 0.6) is 5.75 Å². The number of hydrogen-bond donors (Lipinski definition) is 2. The van der Waals surface area contributed by atoms with Crippen molar-refractivity contribution in [3.05, 3.63) is 45.6 Å². The maximum Gasteiger partial charge on any atom is 0.261 e. The second-order valence-electron chi connectivity index (χ2n) is 5.12. The second kappa shape index (κ2) is 6.63. The van der Waals surface area contributed by atoms with Gasteiger partial charge in [-0.3, -0.25) is 4.79 Å². The molecule has 1 heterocycles. The third kappa shape index (κ3) is 4.23. The topological polar surface area (TPSA) is 64.3 Å². The van der Waals surface area contributed by atoms with E-state index in [1.54, 1.807) is 6.07 Å². The van der Waals surface area contributed by atoms with E-state index in [0.717, 1.165) is 10.6 Å². The molecule has 0 spiro atoms. The first-order chi connectivity index (χ1) is 9.95. The molecule has 0 fully saturated rings. The minimum atomic E-state index is -0.111. The average molecular weight is 304 g/mol. The molecule has 112 valence electrons. The van der Waals surface area contributed by atoms with Crippen LogP contribution in [0.15, 0.2) is 30.3 Å². The van der Waals surface area contributed by atoms with Crippen LogP contribution in [0.25, 0.3) is 0 Å². The van der Waals surface area contributed by atoms with Crippen molar-refractivity contribution in [2.45, 2.75) is 26.8 Å². The Morgan fingerprint density at radius 1 is 1.33 bits per heavy atom. The number of rotatable bonds is 5. The normalized spacial score (nSPS) is 12.0. The van der Waals surface area contributed by atoms with Crippen LogP contribution in [0.4, 0.5) is 5.69 Å². The minimum absolute atomic E-state index is 0.0811. The SMILES string of the molecule is Cc1ccc(OCC(C)NC(=O)c2cc(N)c(C)s2)cc1. The lowest BCUT2D eigenvalue weighted by Gasteiger charge is -2.14. The molecule has 1 amide bonds. The van der Waals surface area contributed by atoms with Crippen molar-refractivity contribution in [2.24, 2.45) is 0 Å². The van der Waals surface area contributed by atoms with E-state index in [1.807, 2.05) is 45.0 Å². The zero-order valence-electron chi connectivity index (χ0n) is 12.5. The largest absolute Gasteiger partial charge is 0.491 e. The van der Waals surface area contributed by atoms with Crippen molar-refractivity contribution in [2.75, 3.05) is 12.3 Å². The Morgan fingerprint density at radius 2 is 2.00 bits per heavy atom. The third-order valence-electron chi connectivity index (χ3n) is 3.08. The fraction of sp³-hybridized carbons (Fsp3) is 0.312. The number of nitrogens with two attached hydrogens (primary N) is 1. The summed E-state index contributed by atoms with van der Waals surface area (Å²) in [6.45, 7) is 6.27. The molecule has 1 aromatic carbocycles. The summed E-state index contributed by atoms with van der Waals surface area (Å²) in [6.07, 6.45) is 0. The zero-order valence-corrected chi connectivity index (χ0v) is 13.3. The zero-order chi connectivity index (χ0) is 15.4. The number of ether oxygens (including phenoxy) is 1. The number of hydrogen-bond acceptors (Lipinski definition) is 4. The molecule has 4 nitrogen and oxygen atoms in total. The molecule has 0 radical (unpaired) electrons. The van der Waals surface area contributed by atoms with Gasteiger partial charge >= 0.3 is 0 Å². The number of carbonyl (C=O) groups excluding carboxylic acids is 1. The van der Waals surface area contributed by atoms with Crippen molar-refractivity contribution < 1.29 is 9.53 Å². The fourth-order valence-corrected chi connectivity index (χ4v) is 2.64. The summed E-state index contributed by atoms with van der Waals surface area (Å²) in [5.41, 5.74) is 7.61. The van der Waals surface area contributed by atoms with Gasteiger partial charge in [-0.05, 0) is 39.0 Å². The highest BCUT2D eigenvalue weighted by Gasteiger charge is 2.13. The molecule has 1 unspecified atom stereocenters. The van der Waals surface area contributed by atoms with E-state index in [9.17, 15) is 4.79 Å². The van der Waals surface area contributed by atoms with Gasteiger partial charge in [0.2, 0.25) is 0 Å². The number of thiophene rings is 1. The standard InChI is InChI=1S/C16H20N2O2S/c1-10-4-6-13(7-5-10)20-9-11(2)18-16(19)15-8-14(17)12(3)21-15/h4-8,11H,9,17H2,1-3H3,(H,18,19). The molecule has 1 atom stereocenters. The van der Waals surface area contributed by atoms with Crippen molar-refractivity contribution in [3.8, 4) is 5.75 Å². The summed E-state index contributed by atoms with van der Waals surface area (Å²) >= 11 is 1.40. The van der Waals surface area contributed by atoms with Crippen LogP contribution in [-0.2, 0) is 0 Å². The molecule has 0 saturated heterocycles. The van der Waals surface area contributed by atoms with Gasteiger partial charge in [-0.15, -0.1) is 11.3 Å². The van der Waals surface area contributed by atoms with Gasteiger partial charge in [0.1, 0.15) is 12.4 Å². The number of aryl methyl sites for hydroxylation is 2. The summed E-state index contributed by atoms with van der Waals surface area (Å²) in [7, 11) is 0. The lowest BCUT2D eigenvalue weighted by molar-refractivity contribution is 0.0931. The summed E-state index contributed by atoms with van der Waals surface area (Å²) < 4.78 is 5.65. The number of nitrogen functional groups attached to an aromatic ring is 1. The van der Waals surface area contributed by atoms with E-state index in [0.29, 0.717) is 17.2 Å². The van der Waals surface area contributed by atoms with Crippen LogP contribution in [0, 0.1) is 13.8 Å². The highest BCUT2D eigenvalue weighted by Crippen LogP contribution is 2.23. The van der Waals surface area contributed by atoms with E-state index in [2.05, 4.69) is 5.32 Å². The highest BCUT2D eigenvalue weighted by atomic mass is 32.1. The number of carbonyl (C=O) groups is 1. The number of benzene rings is 1. The quantitative estimate of drug-likeness (QED) is 0.892. The first-order valence-corrected chi connectivity index (χ1v) is 7.63. The maximum absolute atomic E-state index is 12.1. The number of amides is 1. The first-order valence-electron chi connectivity index (χ1n) is 6.82. The molecule has 0 saturated carbocycles.